The molecule has 0 aliphatic heterocycles. The van der Waals surface area contributed by atoms with Gasteiger partial charge in [0.1, 0.15) is 0 Å². The molecular weight excluding hydrogens is 204 g/mol. The molecule has 0 saturated heterocycles. The van der Waals surface area contributed by atoms with Crippen molar-refractivity contribution in [2.45, 2.75) is 45.1 Å². The number of rotatable bonds is 6. The molecule has 0 aromatic carbocycles. The summed E-state index contributed by atoms with van der Waals surface area (Å²) in [6.07, 6.45) is 5.40. The van der Waals surface area contributed by atoms with Crippen LogP contribution in [0.1, 0.15) is 39.0 Å². The molecule has 0 heterocycles. The molecule has 4 heteroatoms. The summed E-state index contributed by atoms with van der Waals surface area (Å²) >= 11 is 0. The smallest absolute Gasteiger partial charge is 0.234 e. The molecule has 4 nitrogen and oxygen atoms in total. The van der Waals surface area contributed by atoms with Crippen LogP contribution in [0.4, 0.5) is 0 Å². The molecule has 1 saturated carbocycles. The third-order valence-electron chi connectivity index (χ3n) is 3.20. The highest BCUT2D eigenvalue weighted by Crippen LogP contribution is 2.23. The van der Waals surface area contributed by atoms with Gasteiger partial charge in [0, 0.05) is 18.6 Å². The van der Waals surface area contributed by atoms with Crippen molar-refractivity contribution in [1.82, 2.24) is 10.6 Å². The van der Waals surface area contributed by atoms with E-state index in [0.29, 0.717) is 6.54 Å². The number of aliphatic hydroxyl groups is 1. The maximum absolute atomic E-state index is 11.6. The summed E-state index contributed by atoms with van der Waals surface area (Å²) < 4.78 is 0. The second kappa shape index (κ2) is 7.63. The third-order valence-corrected chi connectivity index (χ3v) is 3.20. The van der Waals surface area contributed by atoms with Gasteiger partial charge in [0.15, 0.2) is 0 Å². The van der Waals surface area contributed by atoms with Gasteiger partial charge in [0.2, 0.25) is 5.91 Å². The molecule has 1 aliphatic rings. The molecule has 0 aromatic rings. The summed E-state index contributed by atoms with van der Waals surface area (Å²) in [5, 5.41) is 15.3. The highest BCUT2D eigenvalue weighted by atomic mass is 16.3. The second-order valence-corrected chi connectivity index (χ2v) is 4.58. The van der Waals surface area contributed by atoms with Crippen LogP contribution in [0.5, 0.6) is 0 Å². The molecule has 0 aromatic heterocycles. The largest absolute Gasteiger partial charge is 0.396 e. The van der Waals surface area contributed by atoms with Crippen molar-refractivity contribution in [1.29, 1.82) is 0 Å². The lowest BCUT2D eigenvalue weighted by molar-refractivity contribution is -0.121. The van der Waals surface area contributed by atoms with Crippen LogP contribution < -0.4 is 10.6 Å². The Bertz CT molecular complexity index is 209. The van der Waals surface area contributed by atoms with Crippen LogP contribution in [-0.4, -0.2) is 36.8 Å². The second-order valence-electron chi connectivity index (χ2n) is 4.58. The summed E-state index contributed by atoms with van der Waals surface area (Å²) in [6, 6.07) is 0.176. The molecule has 1 aliphatic carbocycles. The Hall–Kier alpha value is -0.610. The van der Waals surface area contributed by atoms with Crippen molar-refractivity contribution in [3.63, 3.8) is 0 Å². The fourth-order valence-electron chi connectivity index (χ4n) is 2.25. The van der Waals surface area contributed by atoms with Gasteiger partial charge in [-0.3, -0.25) is 4.79 Å². The Morgan fingerprint density at radius 2 is 2.12 bits per heavy atom. The molecule has 2 unspecified atom stereocenters. The van der Waals surface area contributed by atoms with Crippen LogP contribution in [0.2, 0.25) is 0 Å². The predicted molar refractivity (Wildman–Crippen MR) is 64.1 cm³/mol. The van der Waals surface area contributed by atoms with Crippen molar-refractivity contribution < 1.29 is 9.90 Å². The normalized spacial score (nSPS) is 25.4. The van der Waals surface area contributed by atoms with Crippen LogP contribution in [0.3, 0.4) is 0 Å². The topological polar surface area (TPSA) is 61.4 Å². The lowest BCUT2D eigenvalue weighted by atomic mass is 9.85. The van der Waals surface area contributed by atoms with Crippen LogP contribution >= 0.6 is 0 Å². The highest BCUT2D eigenvalue weighted by molar-refractivity contribution is 5.78. The van der Waals surface area contributed by atoms with E-state index in [1.807, 2.05) is 0 Å². The van der Waals surface area contributed by atoms with E-state index in [2.05, 4.69) is 17.6 Å². The fourth-order valence-corrected chi connectivity index (χ4v) is 2.25. The number of hydrogen-bond acceptors (Lipinski definition) is 3. The van der Waals surface area contributed by atoms with Crippen LogP contribution in [-0.2, 0) is 4.79 Å². The van der Waals surface area contributed by atoms with E-state index in [0.717, 1.165) is 32.2 Å². The standard InChI is InChI=1S/C12H24N2O2/c1-2-7-13-8-12(16)14-11-6-4-3-5-10(11)9-15/h10-11,13,15H,2-9H2,1H3,(H,14,16). The third kappa shape index (κ3) is 4.49. The van der Waals surface area contributed by atoms with Crippen LogP contribution in [0.15, 0.2) is 0 Å². The van der Waals surface area contributed by atoms with Gasteiger partial charge in [0.05, 0.1) is 6.54 Å². The van der Waals surface area contributed by atoms with Gasteiger partial charge >= 0.3 is 0 Å². The van der Waals surface area contributed by atoms with Crippen molar-refractivity contribution in [2.75, 3.05) is 19.7 Å². The highest BCUT2D eigenvalue weighted by Gasteiger charge is 2.25. The fraction of sp³-hybridized carbons (Fsp3) is 0.917. The summed E-state index contributed by atoms with van der Waals surface area (Å²) in [6.45, 7) is 3.53. The molecule has 1 fully saturated rings. The monoisotopic (exact) mass is 228 g/mol. The van der Waals surface area contributed by atoms with E-state index < -0.39 is 0 Å². The first-order valence-corrected chi connectivity index (χ1v) is 6.38. The number of hydrogen-bond donors (Lipinski definition) is 3. The molecule has 16 heavy (non-hydrogen) atoms. The maximum atomic E-state index is 11.6. The first kappa shape index (κ1) is 13.5. The van der Waals surface area contributed by atoms with Gasteiger partial charge in [0.25, 0.3) is 0 Å². The summed E-state index contributed by atoms with van der Waals surface area (Å²) in [5.41, 5.74) is 0. The Morgan fingerprint density at radius 3 is 2.81 bits per heavy atom. The van der Waals surface area contributed by atoms with Crippen molar-refractivity contribution in [3.8, 4) is 0 Å². The number of carbonyl (C=O) groups is 1. The van der Waals surface area contributed by atoms with E-state index in [1.54, 1.807) is 0 Å². The van der Waals surface area contributed by atoms with E-state index in [-0.39, 0.29) is 24.5 Å². The van der Waals surface area contributed by atoms with Crippen LogP contribution in [0, 0.1) is 5.92 Å². The number of amides is 1. The first-order valence-electron chi connectivity index (χ1n) is 6.38. The molecule has 3 N–H and O–H groups in total. The molecule has 1 amide bonds. The minimum atomic E-state index is 0.0544. The number of aliphatic hydroxyl groups excluding tert-OH is 1. The minimum absolute atomic E-state index is 0.0544. The zero-order valence-corrected chi connectivity index (χ0v) is 10.2. The van der Waals surface area contributed by atoms with Gasteiger partial charge in [-0.1, -0.05) is 19.8 Å². The lowest BCUT2D eigenvalue weighted by Crippen LogP contribution is -2.46. The Labute approximate surface area is 97.8 Å². The first-order chi connectivity index (χ1) is 7.77. The average molecular weight is 228 g/mol. The summed E-state index contributed by atoms with van der Waals surface area (Å²) in [7, 11) is 0. The summed E-state index contributed by atoms with van der Waals surface area (Å²) in [5.74, 6) is 0.308. The molecule has 0 radical (unpaired) electrons. The average Bonchev–Trinajstić information content (AvgIpc) is 2.30. The molecule has 2 atom stereocenters. The van der Waals surface area contributed by atoms with E-state index >= 15 is 0 Å². The number of nitrogens with one attached hydrogen (secondary N) is 2. The maximum Gasteiger partial charge on any atom is 0.234 e. The SMILES string of the molecule is CCCNCC(=O)NC1CCCCC1CO. The van der Waals surface area contributed by atoms with E-state index in [4.69, 9.17) is 0 Å². The molecular formula is C12H24N2O2. The Kier molecular flexibility index (Phi) is 6.42. The van der Waals surface area contributed by atoms with Gasteiger partial charge in [-0.15, -0.1) is 0 Å². The van der Waals surface area contributed by atoms with Crippen LogP contribution in [0.25, 0.3) is 0 Å². The molecule has 0 bridgehead atoms. The van der Waals surface area contributed by atoms with E-state index in [1.165, 1.54) is 6.42 Å². The predicted octanol–water partition coefficient (Wildman–Crippen LogP) is 0.653. The Morgan fingerprint density at radius 1 is 1.38 bits per heavy atom. The number of carbonyl (C=O) groups excluding carboxylic acids is 1. The zero-order chi connectivity index (χ0) is 11.8. The van der Waals surface area contributed by atoms with Gasteiger partial charge in [-0.2, -0.15) is 0 Å². The quantitative estimate of drug-likeness (QED) is 0.585. The molecule has 0 spiro atoms. The van der Waals surface area contributed by atoms with Gasteiger partial charge < -0.3 is 15.7 Å². The lowest BCUT2D eigenvalue weighted by Gasteiger charge is -2.30. The van der Waals surface area contributed by atoms with Gasteiger partial charge in [-0.05, 0) is 25.8 Å². The zero-order valence-electron chi connectivity index (χ0n) is 10.2. The van der Waals surface area contributed by atoms with Crippen molar-refractivity contribution in [3.05, 3.63) is 0 Å². The van der Waals surface area contributed by atoms with Crippen molar-refractivity contribution >= 4 is 5.91 Å². The van der Waals surface area contributed by atoms with E-state index in [9.17, 15) is 9.90 Å². The minimum Gasteiger partial charge on any atom is -0.396 e. The Balaban J connectivity index is 2.25. The van der Waals surface area contributed by atoms with Gasteiger partial charge in [-0.25, -0.2) is 0 Å². The molecule has 94 valence electrons. The summed E-state index contributed by atoms with van der Waals surface area (Å²) in [4.78, 5) is 11.6. The molecule has 1 rings (SSSR count). The van der Waals surface area contributed by atoms with Crippen molar-refractivity contribution in [2.24, 2.45) is 5.92 Å².